The first-order chi connectivity index (χ1) is 12.6. The summed E-state index contributed by atoms with van der Waals surface area (Å²) in [7, 11) is 1.85. The average Bonchev–Trinajstić information content (AvgIpc) is 2.68. The van der Waals surface area contributed by atoms with Crippen molar-refractivity contribution in [2.75, 3.05) is 44.7 Å². The number of carbonyl (C=O) groups excluding carboxylic acids is 1. The van der Waals surface area contributed by atoms with Gasteiger partial charge in [0.25, 0.3) is 0 Å². The molecule has 0 radical (unpaired) electrons. The first-order valence-electron chi connectivity index (χ1n) is 8.79. The topological polar surface area (TPSA) is 52.6 Å². The summed E-state index contributed by atoms with van der Waals surface area (Å²) in [5.74, 6) is 0.663. The number of nitrogens with zero attached hydrogens (tertiary/aromatic N) is 5. The van der Waals surface area contributed by atoms with E-state index in [1.807, 2.05) is 29.8 Å². The number of piperazine rings is 1. The van der Waals surface area contributed by atoms with Crippen molar-refractivity contribution in [3.8, 4) is 0 Å². The van der Waals surface area contributed by atoms with E-state index in [2.05, 4.69) is 14.9 Å². The molecule has 0 aliphatic carbocycles. The number of carbonyl (C=O) groups is 1. The number of halogens is 1. The lowest BCUT2D eigenvalue weighted by Crippen LogP contribution is -2.51. The number of benzene rings is 1. The summed E-state index contributed by atoms with van der Waals surface area (Å²) in [4.78, 5) is 26.9. The Morgan fingerprint density at radius 3 is 2.62 bits per heavy atom. The molecule has 26 heavy (non-hydrogen) atoms. The number of rotatable bonds is 5. The number of likely N-dealkylation sites (N-methyl/N-ethyl adjacent to an activating group) is 1. The standard InChI is InChI=1S/C19H24FN5O/c1-15(16-5-3-4-6-17(16)20)23(2)14-19(26)25-11-9-24(10-12-25)18-13-21-7-8-22-18/h3-8,13,15H,9-12,14H2,1-2H3/t15-/m1/s1. The zero-order chi connectivity index (χ0) is 18.5. The molecule has 3 rings (SSSR count). The van der Waals surface area contributed by atoms with Crippen molar-refractivity contribution in [1.29, 1.82) is 0 Å². The van der Waals surface area contributed by atoms with Gasteiger partial charge in [0, 0.05) is 50.2 Å². The number of anilines is 1. The van der Waals surface area contributed by atoms with Gasteiger partial charge in [0.2, 0.25) is 5.91 Å². The second-order valence-electron chi connectivity index (χ2n) is 6.54. The van der Waals surface area contributed by atoms with Crippen LogP contribution in [0, 0.1) is 5.82 Å². The van der Waals surface area contributed by atoms with Gasteiger partial charge in [0.1, 0.15) is 11.6 Å². The lowest BCUT2D eigenvalue weighted by Gasteiger charge is -2.36. The van der Waals surface area contributed by atoms with Crippen LogP contribution in [0.4, 0.5) is 10.2 Å². The third kappa shape index (κ3) is 4.16. The van der Waals surface area contributed by atoms with Gasteiger partial charge in [-0.2, -0.15) is 0 Å². The number of hydrogen-bond acceptors (Lipinski definition) is 5. The van der Waals surface area contributed by atoms with Gasteiger partial charge in [-0.25, -0.2) is 9.37 Å². The van der Waals surface area contributed by atoms with Crippen LogP contribution >= 0.6 is 0 Å². The SMILES string of the molecule is C[C@H](c1ccccc1F)N(C)CC(=O)N1CCN(c2cnccn2)CC1. The molecule has 1 aliphatic heterocycles. The van der Waals surface area contributed by atoms with E-state index in [-0.39, 0.29) is 24.3 Å². The van der Waals surface area contributed by atoms with Crippen LogP contribution < -0.4 is 4.90 Å². The highest BCUT2D eigenvalue weighted by Gasteiger charge is 2.24. The van der Waals surface area contributed by atoms with Crippen LogP contribution in [0.2, 0.25) is 0 Å². The monoisotopic (exact) mass is 357 g/mol. The van der Waals surface area contributed by atoms with E-state index in [1.165, 1.54) is 6.07 Å². The number of hydrogen-bond donors (Lipinski definition) is 0. The molecule has 1 fully saturated rings. The van der Waals surface area contributed by atoms with Gasteiger partial charge in [-0.1, -0.05) is 18.2 Å². The van der Waals surface area contributed by atoms with Gasteiger partial charge in [-0.15, -0.1) is 0 Å². The Bertz CT molecular complexity index is 734. The molecule has 2 aromatic rings. The molecule has 1 aromatic carbocycles. The minimum atomic E-state index is -0.239. The fourth-order valence-electron chi connectivity index (χ4n) is 3.14. The molecule has 0 saturated carbocycles. The van der Waals surface area contributed by atoms with Crippen molar-refractivity contribution >= 4 is 11.7 Å². The molecular weight excluding hydrogens is 333 g/mol. The fraction of sp³-hybridized carbons (Fsp3) is 0.421. The Hall–Kier alpha value is -2.54. The fourth-order valence-corrected chi connectivity index (χ4v) is 3.14. The molecule has 0 spiro atoms. The minimum Gasteiger partial charge on any atom is -0.352 e. The molecule has 0 bridgehead atoms. The van der Waals surface area contributed by atoms with E-state index in [4.69, 9.17) is 0 Å². The second kappa shape index (κ2) is 8.23. The zero-order valence-electron chi connectivity index (χ0n) is 15.2. The third-order valence-electron chi connectivity index (χ3n) is 4.91. The predicted octanol–water partition coefficient (Wildman–Crippen LogP) is 1.96. The van der Waals surface area contributed by atoms with E-state index in [9.17, 15) is 9.18 Å². The molecule has 7 heteroatoms. The van der Waals surface area contributed by atoms with Crippen LogP contribution in [0.5, 0.6) is 0 Å². The Labute approximate surface area is 153 Å². The summed E-state index contributed by atoms with van der Waals surface area (Å²) in [6, 6.07) is 6.54. The van der Waals surface area contributed by atoms with E-state index < -0.39 is 0 Å². The van der Waals surface area contributed by atoms with E-state index >= 15 is 0 Å². The summed E-state index contributed by atoms with van der Waals surface area (Å²) in [5.41, 5.74) is 0.607. The van der Waals surface area contributed by atoms with Crippen molar-refractivity contribution in [3.63, 3.8) is 0 Å². The van der Waals surface area contributed by atoms with E-state index in [0.29, 0.717) is 18.7 Å². The van der Waals surface area contributed by atoms with Gasteiger partial charge in [-0.3, -0.25) is 14.7 Å². The number of aromatic nitrogens is 2. The Balaban J connectivity index is 1.53. The van der Waals surface area contributed by atoms with Crippen LogP contribution in [0.3, 0.4) is 0 Å². The minimum absolute atomic E-state index is 0.0643. The first kappa shape index (κ1) is 18.3. The van der Waals surface area contributed by atoms with Gasteiger partial charge in [0.15, 0.2) is 0 Å². The van der Waals surface area contributed by atoms with Crippen LogP contribution in [0.1, 0.15) is 18.5 Å². The van der Waals surface area contributed by atoms with Crippen molar-refractivity contribution in [2.45, 2.75) is 13.0 Å². The molecule has 1 aliphatic rings. The maximum absolute atomic E-state index is 14.0. The summed E-state index contributed by atoms with van der Waals surface area (Å²) < 4.78 is 14.0. The largest absolute Gasteiger partial charge is 0.352 e. The van der Waals surface area contributed by atoms with Crippen LogP contribution in [-0.2, 0) is 4.79 Å². The molecular formula is C19H24FN5O. The Kier molecular flexibility index (Phi) is 5.78. The summed E-state index contributed by atoms with van der Waals surface area (Å²) in [5, 5.41) is 0. The van der Waals surface area contributed by atoms with Crippen LogP contribution in [-0.4, -0.2) is 65.4 Å². The van der Waals surface area contributed by atoms with E-state index in [1.54, 1.807) is 30.7 Å². The smallest absolute Gasteiger partial charge is 0.236 e. The highest BCUT2D eigenvalue weighted by molar-refractivity contribution is 5.78. The third-order valence-corrected chi connectivity index (χ3v) is 4.91. The molecule has 6 nitrogen and oxygen atoms in total. The lowest BCUT2D eigenvalue weighted by atomic mass is 10.1. The maximum Gasteiger partial charge on any atom is 0.236 e. The van der Waals surface area contributed by atoms with Gasteiger partial charge >= 0.3 is 0 Å². The highest BCUT2D eigenvalue weighted by atomic mass is 19.1. The summed E-state index contributed by atoms with van der Waals surface area (Å²) >= 11 is 0. The Morgan fingerprint density at radius 2 is 1.96 bits per heavy atom. The first-order valence-corrected chi connectivity index (χ1v) is 8.79. The zero-order valence-corrected chi connectivity index (χ0v) is 15.2. The number of amides is 1. The van der Waals surface area contributed by atoms with Crippen molar-refractivity contribution < 1.29 is 9.18 Å². The van der Waals surface area contributed by atoms with Gasteiger partial charge < -0.3 is 9.80 Å². The van der Waals surface area contributed by atoms with Crippen molar-refractivity contribution in [3.05, 3.63) is 54.2 Å². The van der Waals surface area contributed by atoms with Crippen molar-refractivity contribution in [2.24, 2.45) is 0 Å². The average molecular weight is 357 g/mol. The van der Waals surface area contributed by atoms with Crippen LogP contribution in [0.25, 0.3) is 0 Å². The molecule has 0 N–H and O–H groups in total. The predicted molar refractivity (Wildman–Crippen MR) is 98.3 cm³/mol. The molecule has 1 aromatic heterocycles. The van der Waals surface area contributed by atoms with Gasteiger partial charge in [-0.05, 0) is 20.0 Å². The highest BCUT2D eigenvalue weighted by Crippen LogP contribution is 2.21. The van der Waals surface area contributed by atoms with Gasteiger partial charge in [0.05, 0.1) is 12.7 Å². The summed E-state index contributed by atoms with van der Waals surface area (Å²) in [6.07, 6.45) is 5.06. The molecule has 138 valence electrons. The molecule has 1 amide bonds. The molecule has 1 atom stereocenters. The van der Waals surface area contributed by atoms with Crippen molar-refractivity contribution in [1.82, 2.24) is 19.8 Å². The molecule has 1 saturated heterocycles. The molecule has 0 unspecified atom stereocenters. The van der Waals surface area contributed by atoms with Crippen LogP contribution in [0.15, 0.2) is 42.9 Å². The summed E-state index contributed by atoms with van der Waals surface area (Å²) in [6.45, 7) is 4.95. The maximum atomic E-state index is 14.0. The quantitative estimate of drug-likeness (QED) is 0.819. The second-order valence-corrected chi connectivity index (χ2v) is 6.54. The lowest BCUT2D eigenvalue weighted by molar-refractivity contribution is -0.132. The normalized spacial score (nSPS) is 16.0. The Morgan fingerprint density at radius 1 is 1.23 bits per heavy atom. The van der Waals surface area contributed by atoms with E-state index in [0.717, 1.165) is 18.9 Å². The molecule has 2 heterocycles.